The zero-order chi connectivity index (χ0) is 18.6. The summed E-state index contributed by atoms with van der Waals surface area (Å²) >= 11 is 0. The third kappa shape index (κ3) is 4.48. The number of carbonyl (C=O) groups excluding carboxylic acids is 2. The Morgan fingerprint density at radius 3 is 2.40 bits per heavy atom. The van der Waals surface area contributed by atoms with E-state index in [4.69, 9.17) is 5.73 Å². The zero-order valence-corrected chi connectivity index (χ0v) is 15.0. The number of likely N-dealkylation sites (N-methyl/N-ethyl adjacent to an activating group) is 1. The van der Waals surface area contributed by atoms with Crippen LogP contribution in [0.1, 0.15) is 13.8 Å². The molecule has 0 aromatic carbocycles. The number of hydrogen-bond donors (Lipinski definition) is 2. The molecule has 2 aliphatic heterocycles. The second-order valence-electron chi connectivity index (χ2n) is 6.28. The monoisotopic (exact) mass is 346 g/mol. The van der Waals surface area contributed by atoms with Crippen molar-refractivity contribution in [3.05, 3.63) is 36.4 Å². The fourth-order valence-corrected chi connectivity index (χ4v) is 2.74. The van der Waals surface area contributed by atoms with E-state index >= 15 is 0 Å². The van der Waals surface area contributed by atoms with Crippen LogP contribution >= 0.6 is 0 Å². The third-order valence-electron chi connectivity index (χ3n) is 4.34. The maximum Gasteiger partial charge on any atom is 0.328 e. The van der Waals surface area contributed by atoms with Crippen LogP contribution in [0.25, 0.3) is 0 Å². The molecule has 0 saturated carbocycles. The Kier molecular flexibility index (Phi) is 5.97. The third-order valence-corrected chi connectivity index (χ3v) is 4.34. The molecule has 0 aromatic rings. The van der Waals surface area contributed by atoms with Crippen LogP contribution in [0.2, 0.25) is 0 Å². The van der Waals surface area contributed by atoms with Gasteiger partial charge < -0.3 is 10.6 Å². The summed E-state index contributed by atoms with van der Waals surface area (Å²) in [5, 5.41) is 2.23. The van der Waals surface area contributed by atoms with E-state index in [2.05, 4.69) is 40.5 Å². The largest absolute Gasteiger partial charge is 0.405 e. The van der Waals surface area contributed by atoms with Crippen molar-refractivity contribution in [2.45, 2.75) is 19.9 Å². The number of hydrogen-bond acceptors (Lipinski definition) is 6. The van der Waals surface area contributed by atoms with Gasteiger partial charge in [0.1, 0.15) is 11.5 Å². The first-order chi connectivity index (χ1) is 11.8. The summed E-state index contributed by atoms with van der Waals surface area (Å²) in [5.41, 5.74) is 6.17. The SMILES string of the molecule is C=C(/N=C(\C=C/N)/C=C1/C(=O)NC(=O)N1C)N1CCN(C(C)C)CC1. The molecule has 25 heavy (non-hydrogen) atoms. The molecule has 8 heteroatoms. The van der Waals surface area contributed by atoms with Gasteiger partial charge in [0.25, 0.3) is 5.91 Å². The highest BCUT2D eigenvalue weighted by molar-refractivity contribution is 6.16. The van der Waals surface area contributed by atoms with Crippen LogP contribution in [-0.2, 0) is 4.79 Å². The Balaban J connectivity index is 2.13. The lowest BCUT2D eigenvalue weighted by molar-refractivity contribution is -0.116. The average Bonchev–Trinajstić information content (AvgIpc) is 2.81. The van der Waals surface area contributed by atoms with Gasteiger partial charge in [-0.05, 0) is 32.2 Å². The van der Waals surface area contributed by atoms with Crippen LogP contribution in [0.15, 0.2) is 41.4 Å². The molecule has 0 spiro atoms. The molecule has 0 unspecified atom stereocenters. The van der Waals surface area contributed by atoms with Gasteiger partial charge in [-0.25, -0.2) is 9.79 Å². The van der Waals surface area contributed by atoms with Gasteiger partial charge in [-0.3, -0.25) is 19.9 Å². The second kappa shape index (κ2) is 7.98. The van der Waals surface area contributed by atoms with Crippen molar-refractivity contribution in [2.75, 3.05) is 33.2 Å². The molecule has 3 N–H and O–H groups in total. The van der Waals surface area contributed by atoms with Crippen LogP contribution < -0.4 is 11.1 Å². The molecule has 0 atom stereocenters. The van der Waals surface area contributed by atoms with Gasteiger partial charge >= 0.3 is 6.03 Å². The van der Waals surface area contributed by atoms with Crippen molar-refractivity contribution in [1.29, 1.82) is 0 Å². The lowest BCUT2D eigenvalue weighted by Gasteiger charge is -2.37. The summed E-state index contributed by atoms with van der Waals surface area (Å²) in [6.45, 7) is 12.0. The molecular formula is C17H26N6O2. The van der Waals surface area contributed by atoms with Gasteiger partial charge in [-0.1, -0.05) is 6.58 Å². The quantitative estimate of drug-likeness (QED) is 0.428. The smallest absolute Gasteiger partial charge is 0.328 e. The van der Waals surface area contributed by atoms with Crippen LogP contribution in [-0.4, -0.2) is 71.6 Å². The number of amides is 3. The molecule has 2 rings (SSSR count). The van der Waals surface area contributed by atoms with Crippen LogP contribution in [0.3, 0.4) is 0 Å². The minimum atomic E-state index is -0.462. The first-order valence-electron chi connectivity index (χ1n) is 8.29. The number of piperazine rings is 1. The first-order valence-corrected chi connectivity index (χ1v) is 8.29. The van der Waals surface area contributed by atoms with Gasteiger partial charge in [-0.15, -0.1) is 0 Å². The number of aliphatic imine (C=N–C) groups is 1. The van der Waals surface area contributed by atoms with E-state index < -0.39 is 11.9 Å². The van der Waals surface area contributed by atoms with E-state index in [1.807, 2.05) is 0 Å². The highest BCUT2D eigenvalue weighted by atomic mass is 16.2. The summed E-state index contributed by atoms with van der Waals surface area (Å²) in [6, 6.07) is 0.0595. The maximum atomic E-state index is 11.8. The van der Waals surface area contributed by atoms with E-state index in [1.54, 1.807) is 6.08 Å². The lowest BCUT2D eigenvalue weighted by atomic mass is 10.2. The minimum absolute atomic E-state index is 0.222. The predicted molar refractivity (Wildman–Crippen MR) is 97.6 cm³/mol. The van der Waals surface area contributed by atoms with Crippen LogP contribution in [0, 0.1) is 0 Å². The Morgan fingerprint density at radius 2 is 1.92 bits per heavy atom. The molecule has 0 aromatic heterocycles. The van der Waals surface area contributed by atoms with Crippen molar-refractivity contribution >= 4 is 17.6 Å². The van der Waals surface area contributed by atoms with Gasteiger partial charge in [-0.2, -0.15) is 0 Å². The normalized spacial score (nSPS) is 21.8. The molecule has 0 aliphatic carbocycles. The van der Waals surface area contributed by atoms with Crippen LogP contribution in [0.4, 0.5) is 4.79 Å². The standard InChI is InChI=1S/C17H26N6O2/c1-12(2)22-7-9-23(10-8-22)13(3)19-14(5-6-18)11-15-16(24)20-17(25)21(15)4/h5-6,11-12H,3,7-10,18H2,1-2,4H3,(H,20,24,25)/b6-5-,15-11-,19-14+. The zero-order valence-electron chi connectivity index (χ0n) is 15.0. The Bertz CT molecular complexity index is 642. The fraction of sp³-hybridized carbons (Fsp3) is 0.471. The van der Waals surface area contributed by atoms with Crippen molar-refractivity contribution in [1.82, 2.24) is 20.0 Å². The molecule has 8 nitrogen and oxygen atoms in total. The molecule has 3 amide bonds. The molecule has 2 heterocycles. The number of nitrogens with one attached hydrogen (secondary N) is 1. The van der Waals surface area contributed by atoms with E-state index in [9.17, 15) is 9.59 Å². The number of imide groups is 1. The first kappa shape index (κ1) is 18.7. The predicted octanol–water partition coefficient (Wildman–Crippen LogP) is 0.463. The van der Waals surface area contributed by atoms with E-state index in [1.165, 1.54) is 24.2 Å². The highest BCUT2D eigenvalue weighted by Crippen LogP contribution is 2.14. The van der Waals surface area contributed by atoms with Gasteiger partial charge in [0.05, 0.1) is 5.71 Å². The topological polar surface area (TPSA) is 94.3 Å². The van der Waals surface area contributed by atoms with E-state index in [0.717, 1.165) is 26.2 Å². The molecule has 0 radical (unpaired) electrons. The Hall–Kier alpha value is -2.61. The number of rotatable bonds is 5. The van der Waals surface area contributed by atoms with Gasteiger partial charge in [0, 0.05) is 39.3 Å². The summed E-state index contributed by atoms with van der Waals surface area (Å²) in [6.07, 6.45) is 4.44. The van der Waals surface area contributed by atoms with Crippen molar-refractivity contribution in [3.63, 3.8) is 0 Å². The number of carbonyl (C=O) groups is 2. The Labute approximate surface area is 148 Å². The number of nitrogens with zero attached hydrogens (tertiary/aromatic N) is 4. The maximum absolute atomic E-state index is 11.8. The molecule has 2 aliphatic rings. The molecular weight excluding hydrogens is 320 g/mol. The molecule has 2 fully saturated rings. The molecule has 136 valence electrons. The van der Waals surface area contributed by atoms with E-state index in [-0.39, 0.29) is 5.70 Å². The molecule has 2 saturated heterocycles. The van der Waals surface area contributed by atoms with Crippen LogP contribution in [0.5, 0.6) is 0 Å². The van der Waals surface area contributed by atoms with Crippen molar-refractivity contribution in [2.24, 2.45) is 10.7 Å². The van der Waals surface area contributed by atoms with E-state index in [0.29, 0.717) is 17.6 Å². The fourth-order valence-electron chi connectivity index (χ4n) is 2.74. The van der Waals surface area contributed by atoms with Gasteiger partial charge in [0.15, 0.2) is 0 Å². The summed E-state index contributed by atoms with van der Waals surface area (Å²) in [7, 11) is 1.52. The van der Waals surface area contributed by atoms with Crippen molar-refractivity contribution in [3.8, 4) is 0 Å². The average molecular weight is 346 g/mol. The summed E-state index contributed by atoms with van der Waals surface area (Å²) in [5.74, 6) is 0.155. The lowest BCUT2D eigenvalue weighted by Crippen LogP contribution is -2.48. The van der Waals surface area contributed by atoms with Crippen molar-refractivity contribution < 1.29 is 9.59 Å². The van der Waals surface area contributed by atoms with Gasteiger partial charge in [0.2, 0.25) is 0 Å². The highest BCUT2D eigenvalue weighted by Gasteiger charge is 2.30. The summed E-state index contributed by atoms with van der Waals surface area (Å²) in [4.78, 5) is 33.6. The minimum Gasteiger partial charge on any atom is -0.405 e. The second-order valence-corrected chi connectivity index (χ2v) is 6.28. The number of urea groups is 1. The molecule has 0 bridgehead atoms. The summed E-state index contributed by atoms with van der Waals surface area (Å²) < 4.78 is 0. The number of allylic oxidation sites excluding steroid dienone is 2. The Morgan fingerprint density at radius 1 is 1.28 bits per heavy atom. The number of nitrogens with two attached hydrogens (primary N) is 1.